The molecule has 0 atom stereocenters. The van der Waals surface area contributed by atoms with Crippen LogP contribution in [0, 0.1) is 0 Å². The molecule has 0 bridgehead atoms. The van der Waals surface area contributed by atoms with Crippen LogP contribution in [0.1, 0.15) is 50.0 Å². The number of pyridine rings is 1. The number of hydrogen-bond donors (Lipinski definition) is 0. The first-order valence-electron chi connectivity index (χ1n) is 7.72. The monoisotopic (exact) mass is 304 g/mol. The standard InChI is InChI=1S/C16H21FN4O/c1-12(2)15-19-14(22-20-15)11-21-9-6-16(17,7-10-21)13-5-3-4-8-18-13/h3-5,8,12H,6-7,9-11H2,1-2H3. The molecule has 2 aromatic heterocycles. The van der Waals surface area contributed by atoms with Crippen molar-refractivity contribution in [1.82, 2.24) is 20.0 Å². The van der Waals surface area contributed by atoms with Crippen molar-refractivity contribution < 1.29 is 8.91 Å². The number of alkyl halides is 1. The Labute approximate surface area is 129 Å². The third-order valence-electron chi connectivity index (χ3n) is 4.13. The Morgan fingerprint density at radius 1 is 1.32 bits per heavy atom. The van der Waals surface area contributed by atoms with E-state index in [1.54, 1.807) is 12.3 Å². The summed E-state index contributed by atoms with van der Waals surface area (Å²) in [6.45, 7) is 5.95. The normalized spacial score (nSPS) is 18.7. The van der Waals surface area contributed by atoms with Crippen LogP contribution in [0.3, 0.4) is 0 Å². The number of nitrogens with zero attached hydrogens (tertiary/aromatic N) is 4. The molecule has 0 amide bonds. The summed E-state index contributed by atoms with van der Waals surface area (Å²) in [5.74, 6) is 1.58. The van der Waals surface area contributed by atoms with E-state index in [1.807, 2.05) is 26.0 Å². The summed E-state index contributed by atoms with van der Waals surface area (Å²) in [5.41, 5.74) is -0.787. The van der Waals surface area contributed by atoms with E-state index in [4.69, 9.17) is 4.52 Å². The second kappa shape index (κ2) is 6.12. The van der Waals surface area contributed by atoms with Gasteiger partial charge in [-0.1, -0.05) is 25.1 Å². The highest BCUT2D eigenvalue weighted by molar-refractivity contribution is 5.14. The average Bonchev–Trinajstić information content (AvgIpc) is 3.00. The Balaban J connectivity index is 1.59. The molecule has 0 aromatic carbocycles. The van der Waals surface area contributed by atoms with Gasteiger partial charge in [0.1, 0.15) is 0 Å². The van der Waals surface area contributed by atoms with Crippen LogP contribution >= 0.6 is 0 Å². The van der Waals surface area contributed by atoms with Crippen LogP contribution in [0.5, 0.6) is 0 Å². The van der Waals surface area contributed by atoms with E-state index in [0.29, 0.717) is 44.1 Å². The van der Waals surface area contributed by atoms with E-state index >= 15 is 0 Å². The van der Waals surface area contributed by atoms with Gasteiger partial charge in [0.25, 0.3) is 0 Å². The Kier molecular flexibility index (Phi) is 4.20. The van der Waals surface area contributed by atoms with E-state index in [2.05, 4.69) is 20.0 Å². The lowest BCUT2D eigenvalue weighted by Crippen LogP contribution is -2.40. The van der Waals surface area contributed by atoms with Crippen molar-refractivity contribution in [1.29, 1.82) is 0 Å². The fourth-order valence-corrected chi connectivity index (χ4v) is 2.71. The average molecular weight is 304 g/mol. The highest BCUT2D eigenvalue weighted by Gasteiger charge is 2.37. The van der Waals surface area contributed by atoms with E-state index < -0.39 is 5.67 Å². The van der Waals surface area contributed by atoms with Crippen LogP contribution in [0.15, 0.2) is 28.9 Å². The number of aromatic nitrogens is 3. The maximum Gasteiger partial charge on any atom is 0.240 e. The minimum atomic E-state index is -1.32. The SMILES string of the molecule is CC(C)c1noc(CN2CCC(F)(c3ccccn3)CC2)n1. The minimum Gasteiger partial charge on any atom is -0.338 e. The summed E-state index contributed by atoms with van der Waals surface area (Å²) in [6.07, 6.45) is 2.53. The molecule has 3 heterocycles. The van der Waals surface area contributed by atoms with Crippen molar-refractivity contribution in [2.24, 2.45) is 0 Å². The van der Waals surface area contributed by atoms with Crippen LogP contribution in [0.4, 0.5) is 4.39 Å². The van der Waals surface area contributed by atoms with Crippen LogP contribution < -0.4 is 0 Å². The molecule has 0 saturated carbocycles. The van der Waals surface area contributed by atoms with Gasteiger partial charge in [0.15, 0.2) is 11.5 Å². The predicted molar refractivity (Wildman–Crippen MR) is 79.9 cm³/mol. The van der Waals surface area contributed by atoms with Gasteiger partial charge in [-0.15, -0.1) is 0 Å². The first kappa shape index (κ1) is 15.1. The fourth-order valence-electron chi connectivity index (χ4n) is 2.71. The molecule has 0 aliphatic carbocycles. The summed E-state index contributed by atoms with van der Waals surface area (Å²) >= 11 is 0. The highest BCUT2D eigenvalue weighted by Crippen LogP contribution is 2.35. The first-order chi connectivity index (χ1) is 10.6. The van der Waals surface area contributed by atoms with Crippen molar-refractivity contribution in [3.63, 3.8) is 0 Å². The zero-order valence-electron chi connectivity index (χ0n) is 13.0. The molecule has 118 valence electrons. The van der Waals surface area contributed by atoms with Gasteiger partial charge in [-0.25, -0.2) is 4.39 Å². The Morgan fingerprint density at radius 3 is 2.68 bits per heavy atom. The molecule has 1 saturated heterocycles. The van der Waals surface area contributed by atoms with Gasteiger partial charge in [-0.05, 0) is 25.0 Å². The molecule has 1 fully saturated rings. The van der Waals surface area contributed by atoms with Gasteiger partial charge in [-0.3, -0.25) is 9.88 Å². The van der Waals surface area contributed by atoms with Crippen molar-refractivity contribution in [3.8, 4) is 0 Å². The number of likely N-dealkylation sites (tertiary alicyclic amines) is 1. The van der Waals surface area contributed by atoms with Gasteiger partial charge in [0.2, 0.25) is 5.89 Å². The van der Waals surface area contributed by atoms with E-state index in [0.717, 1.165) is 5.82 Å². The lowest BCUT2D eigenvalue weighted by molar-refractivity contribution is 0.0447. The Bertz CT molecular complexity index is 606. The smallest absolute Gasteiger partial charge is 0.240 e. The fraction of sp³-hybridized carbons (Fsp3) is 0.562. The van der Waals surface area contributed by atoms with Crippen LogP contribution in [0.25, 0.3) is 0 Å². The molecule has 0 spiro atoms. The Morgan fingerprint density at radius 2 is 2.09 bits per heavy atom. The summed E-state index contributed by atoms with van der Waals surface area (Å²) in [5, 5.41) is 3.96. The number of rotatable bonds is 4. The molecule has 0 radical (unpaired) electrons. The summed E-state index contributed by atoms with van der Waals surface area (Å²) in [4.78, 5) is 10.7. The molecule has 0 unspecified atom stereocenters. The van der Waals surface area contributed by atoms with Gasteiger partial charge < -0.3 is 4.52 Å². The second-order valence-electron chi connectivity index (χ2n) is 6.16. The third kappa shape index (κ3) is 3.16. The van der Waals surface area contributed by atoms with Crippen LogP contribution in [0.2, 0.25) is 0 Å². The molecular weight excluding hydrogens is 283 g/mol. The zero-order chi connectivity index (χ0) is 15.6. The van der Waals surface area contributed by atoms with Gasteiger partial charge in [0, 0.05) is 25.2 Å². The first-order valence-corrected chi connectivity index (χ1v) is 7.72. The number of hydrogen-bond acceptors (Lipinski definition) is 5. The van der Waals surface area contributed by atoms with Crippen molar-refractivity contribution in [2.45, 2.75) is 44.8 Å². The predicted octanol–water partition coefficient (Wildman–Crippen LogP) is 3.05. The number of piperidine rings is 1. The molecule has 1 aliphatic heterocycles. The van der Waals surface area contributed by atoms with Crippen molar-refractivity contribution >= 4 is 0 Å². The molecule has 5 nitrogen and oxygen atoms in total. The van der Waals surface area contributed by atoms with Crippen molar-refractivity contribution in [3.05, 3.63) is 41.8 Å². The molecule has 6 heteroatoms. The lowest BCUT2D eigenvalue weighted by atomic mass is 9.89. The molecule has 0 N–H and O–H groups in total. The third-order valence-corrected chi connectivity index (χ3v) is 4.13. The molecule has 2 aromatic rings. The molecule has 3 rings (SSSR count). The maximum absolute atomic E-state index is 15.0. The summed E-state index contributed by atoms with van der Waals surface area (Å²) in [6, 6.07) is 5.41. The van der Waals surface area contributed by atoms with E-state index in [-0.39, 0.29) is 5.92 Å². The molecule has 1 aliphatic rings. The second-order valence-corrected chi connectivity index (χ2v) is 6.16. The van der Waals surface area contributed by atoms with Crippen molar-refractivity contribution in [2.75, 3.05) is 13.1 Å². The lowest BCUT2D eigenvalue weighted by Gasteiger charge is -2.35. The topological polar surface area (TPSA) is 55.1 Å². The Hall–Kier alpha value is -1.82. The van der Waals surface area contributed by atoms with E-state index in [9.17, 15) is 4.39 Å². The summed E-state index contributed by atoms with van der Waals surface area (Å²) < 4.78 is 20.2. The van der Waals surface area contributed by atoms with Gasteiger partial charge in [-0.2, -0.15) is 4.98 Å². The van der Waals surface area contributed by atoms with Gasteiger partial charge in [0.05, 0.1) is 12.2 Å². The molecule has 22 heavy (non-hydrogen) atoms. The van der Waals surface area contributed by atoms with Gasteiger partial charge >= 0.3 is 0 Å². The van der Waals surface area contributed by atoms with Crippen LogP contribution in [-0.4, -0.2) is 33.1 Å². The number of halogens is 1. The highest BCUT2D eigenvalue weighted by atomic mass is 19.1. The van der Waals surface area contributed by atoms with Crippen LogP contribution in [-0.2, 0) is 12.2 Å². The summed E-state index contributed by atoms with van der Waals surface area (Å²) in [7, 11) is 0. The quantitative estimate of drug-likeness (QED) is 0.869. The van der Waals surface area contributed by atoms with E-state index in [1.165, 1.54) is 0 Å². The largest absolute Gasteiger partial charge is 0.338 e. The minimum absolute atomic E-state index is 0.251. The zero-order valence-corrected chi connectivity index (χ0v) is 13.0. The molecular formula is C16H21FN4O. The maximum atomic E-state index is 15.0.